The Hall–Kier alpha value is -1.74. The first-order valence-electron chi connectivity index (χ1n) is 6.77. The van der Waals surface area contributed by atoms with Gasteiger partial charge in [0.15, 0.2) is 0 Å². The molecule has 0 atom stereocenters. The molecule has 0 bridgehead atoms. The molecule has 0 saturated heterocycles. The molecule has 0 spiro atoms. The second kappa shape index (κ2) is 6.62. The van der Waals surface area contributed by atoms with Gasteiger partial charge in [-0.1, -0.05) is 30.7 Å². The van der Waals surface area contributed by atoms with E-state index in [9.17, 15) is 0 Å². The molecule has 0 aliphatic carbocycles. The summed E-state index contributed by atoms with van der Waals surface area (Å²) in [6, 6.07) is 12.3. The molecule has 1 aromatic heterocycles. The third kappa shape index (κ3) is 3.42. The summed E-state index contributed by atoms with van der Waals surface area (Å²) in [4.78, 5) is 6.65. The fraction of sp³-hybridized carbons (Fsp3) is 0.312. The molecule has 20 heavy (non-hydrogen) atoms. The van der Waals surface area contributed by atoms with Gasteiger partial charge in [-0.2, -0.15) is 0 Å². The number of anilines is 2. The lowest BCUT2D eigenvalue weighted by Gasteiger charge is -2.20. The van der Waals surface area contributed by atoms with Crippen molar-refractivity contribution in [1.29, 1.82) is 0 Å². The maximum absolute atomic E-state index is 6.22. The van der Waals surface area contributed by atoms with Gasteiger partial charge in [-0.25, -0.2) is 4.98 Å². The van der Waals surface area contributed by atoms with Crippen LogP contribution in [-0.4, -0.2) is 19.1 Å². The van der Waals surface area contributed by atoms with Crippen molar-refractivity contribution in [1.82, 2.24) is 4.98 Å². The third-order valence-electron chi connectivity index (χ3n) is 3.35. The van der Waals surface area contributed by atoms with Crippen molar-refractivity contribution >= 4 is 23.1 Å². The minimum Gasteiger partial charge on any atom is -0.373 e. The van der Waals surface area contributed by atoms with E-state index >= 15 is 0 Å². The van der Waals surface area contributed by atoms with Gasteiger partial charge in [0.1, 0.15) is 5.82 Å². The summed E-state index contributed by atoms with van der Waals surface area (Å²) >= 11 is 6.22. The van der Waals surface area contributed by atoms with Crippen molar-refractivity contribution in [3.05, 3.63) is 52.7 Å². The van der Waals surface area contributed by atoms with E-state index in [2.05, 4.69) is 46.4 Å². The van der Waals surface area contributed by atoms with E-state index in [1.54, 1.807) is 0 Å². The Morgan fingerprint density at radius 3 is 2.45 bits per heavy atom. The fourth-order valence-corrected chi connectivity index (χ4v) is 2.20. The highest BCUT2D eigenvalue weighted by molar-refractivity contribution is 6.31. The zero-order chi connectivity index (χ0) is 14.5. The number of pyridine rings is 1. The third-order valence-corrected chi connectivity index (χ3v) is 3.69. The lowest BCUT2D eigenvalue weighted by molar-refractivity contribution is 0.885. The van der Waals surface area contributed by atoms with Gasteiger partial charge in [0, 0.05) is 19.8 Å². The highest BCUT2D eigenvalue weighted by Crippen LogP contribution is 2.21. The summed E-state index contributed by atoms with van der Waals surface area (Å²) in [6.07, 6.45) is 1.06. The van der Waals surface area contributed by atoms with E-state index in [0.717, 1.165) is 23.6 Å². The Balaban J connectivity index is 2.15. The average molecular weight is 290 g/mol. The molecule has 0 radical (unpaired) electrons. The maximum atomic E-state index is 6.22. The lowest BCUT2D eigenvalue weighted by atomic mass is 10.1. The van der Waals surface area contributed by atoms with Gasteiger partial charge in [-0.05, 0) is 36.2 Å². The second-order valence-corrected chi connectivity index (χ2v) is 5.16. The summed E-state index contributed by atoms with van der Waals surface area (Å²) in [5.41, 5.74) is 3.38. The lowest BCUT2D eigenvalue weighted by Crippen LogP contribution is -2.17. The quantitative estimate of drug-likeness (QED) is 0.902. The summed E-state index contributed by atoms with van der Waals surface area (Å²) in [6.45, 7) is 2.84. The summed E-state index contributed by atoms with van der Waals surface area (Å²) in [5.74, 6) is 0.833. The molecule has 1 aromatic carbocycles. The first-order valence-corrected chi connectivity index (χ1v) is 7.15. The van der Waals surface area contributed by atoms with Crippen LogP contribution in [0.4, 0.5) is 11.5 Å². The Kier molecular flexibility index (Phi) is 4.85. The predicted molar refractivity (Wildman–Crippen MR) is 86.7 cm³/mol. The van der Waals surface area contributed by atoms with Gasteiger partial charge in [0.25, 0.3) is 0 Å². The number of hydrogen-bond donors (Lipinski definition) is 1. The molecule has 0 unspecified atom stereocenters. The molecule has 0 amide bonds. The highest BCUT2D eigenvalue weighted by atomic mass is 35.5. The fourth-order valence-electron chi connectivity index (χ4n) is 2.04. The van der Waals surface area contributed by atoms with Crippen molar-refractivity contribution in [3.8, 4) is 0 Å². The monoisotopic (exact) mass is 289 g/mol. The molecule has 0 saturated carbocycles. The molecule has 1 heterocycles. The zero-order valence-corrected chi connectivity index (χ0v) is 12.9. The number of rotatable bonds is 5. The van der Waals surface area contributed by atoms with E-state index in [4.69, 9.17) is 11.6 Å². The van der Waals surface area contributed by atoms with Crippen LogP contribution in [0.2, 0.25) is 5.02 Å². The SMILES string of the molecule is CCc1ccc(N(C)Cc2nc(NC)ccc2Cl)cc1. The van der Waals surface area contributed by atoms with Gasteiger partial charge in [0.2, 0.25) is 0 Å². The molecule has 0 aliphatic heterocycles. The number of nitrogens with one attached hydrogen (secondary N) is 1. The Bertz CT molecular complexity index is 566. The van der Waals surface area contributed by atoms with Gasteiger partial charge < -0.3 is 10.2 Å². The van der Waals surface area contributed by atoms with Crippen molar-refractivity contribution in [2.45, 2.75) is 19.9 Å². The van der Waals surface area contributed by atoms with E-state index in [1.165, 1.54) is 5.56 Å². The van der Waals surface area contributed by atoms with Gasteiger partial charge in [-0.15, -0.1) is 0 Å². The van der Waals surface area contributed by atoms with Gasteiger partial charge in [0.05, 0.1) is 17.3 Å². The summed E-state index contributed by atoms with van der Waals surface area (Å²) < 4.78 is 0. The molecule has 2 rings (SSSR count). The van der Waals surface area contributed by atoms with Gasteiger partial charge in [-0.3, -0.25) is 0 Å². The van der Waals surface area contributed by atoms with Crippen LogP contribution in [0, 0.1) is 0 Å². The first-order chi connectivity index (χ1) is 9.63. The molecular weight excluding hydrogens is 270 g/mol. The van der Waals surface area contributed by atoms with E-state index in [-0.39, 0.29) is 0 Å². The molecule has 0 aliphatic rings. The van der Waals surface area contributed by atoms with Crippen LogP contribution >= 0.6 is 11.6 Å². The normalized spacial score (nSPS) is 10.4. The maximum Gasteiger partial charge on any atom is 0.126 e. The second-order valence-electron chi connectivity index (χ2n) is 4.75. The molecule has 4 heteroatoms. The van der Waals surface area contributed by atoms with Crippen molar-refractivity contribution < 1.29 is 0 Å². The molecule has 106 valence electrons. The average Bonchev–Trinajstić information content (AvgIpc) is 2.49. The largest absolute Gasteiger partial charge is 0.373 e. The Morgan fingerprint density at radius 1 is 1.15 bits per heavy atom. The highest BCUT2D eigenvalue weighted by Gasteiger charge is 2.08. The van der Waals surface area contributed by atoms with Crippen molar-refractivity contribution in [2.24, 2.45) is 0 Å². The Labute approximate surface area is 125 Å². The van der Waals surface area contributed by atoms with Crippen LogP contribution in [0.1, 0.15) is 18.2 Å². The molecule has 2 aromatic rings. The van der Waals surface area contributed by atoms with Gasteiger partial charge >= 0.3 is 0 Å². The predicted octanol–water partition coefficient (Wildman–Crippen LogP) is 3.98. The summed E-state index contributed by atoms with van der Waals surface area (Å²) in [7, 11) is 3.90. The van der Waals surface area contributed by atoms with Crippen molar-refractivity contribution in [3.63, 3.8) is 0 Å². The zero-order valence-electron chi connectivity index (χ0n) is 12.2. The molecular formula is C16H20ClN3. The smallest absolute Gasteiger partial charge is 0.126 e. The number of halogens is 1. The van der Waals surface area contributed by atoms with E-state index in [1.807, 2.05) is 26.2 Å². The topological polar surface area (TPSA) is 28.2 Å². The van der Waals surface area contributed by atoms with Crippen LogP contribution in [0.5, 0.6) is 0 Å². The minimum atomic E-state index is 0.680. The summed E-state index contributed by atoms with van der Waals surface area (Å²) in [5, 5.41) is 3.73. The Morgan fingerprint density at radius 2 is 1.85 bits per heavy atom. The van der Waals surface area contributed by atoms with Crippen LogP contribution in [0.15, 0.2) is 36.4 Å². The molecule has 0 fully saturated rings. The molecule has 3 nitrogen and oxygen atoms in total. The standard InChI is InChI=1S/C16H20ClN3/c1-4-12-5-7-13(8-6-12)20(3)11-15-14(17)9-10-16(18-2)19-15/h5-10H,4,11H2,1-3H3,(H,18,19). The van der Waals surface area contributed by atoms with Crippen LogP contribution < -0.4 is 10.2 Å². The van der Waals surface area contributed by atoms with Crippen LogP contribution in [-0.2, 0) is 13.0 Å². The number of hydrogen-bond acceptors (Lipinski definition) is 3. The van der Waals surface area contributed by atoms with Crippen LogP contribution in [0.25, 0.3) is 0 Å². The number of benzene rings is 1. The minimum absolute atomic E-state index is 0.680. The van der Waals surface area contributed by atoms with E-state index in [0.29, 0.717) is 11.6 Å². The first kappa shape index (κ1) is 14.7. The number of aromatic nitrogens is 1. The van der Waals surface area contributed by atoms with Crippen LogP contribution in [0.3, 0.4) is 0 Å². The molecule has 1 N–H and O–H groups in total. The number of aryl methyl sites for hydroxylation is 1. The van der Waals surface area contributed by atoms with E-state index < -0.39 is 0 Å². The van der Waals surface area contributed by atoms with Crippen molar-refractivity contribution in [2.75, 3.05) is 24.3 Å². The number of nitrogens with zero attached hydrogens (tertiary/aromatic N) is 2.